The van der Waals surface area contributed by atoms with Gasteiger partial charge in [0.1, 0.15) is 10.6 Å². The van der Waals surface area contributed by atoms with Crippen molar-refractivity contribution in [3.8, 4) is 5.75 Å². The van der Waals surface area contributed by atoms with Crippen molar-refractivity contribution < 1.29 is 17.9 Å². The SMILES string of the molecule is COc1ccc(CN2C(=O)c3ccccc3S2(=O)=O)nc1. The third-order valence-electron chi connectivity index (χ3n) is 3.25. The van der Waals surface area contributed by atoms with Crippen molar-refractivity contribution in [2.24, 2.45) is 0 Å². The highest BCUT2D eigenvalue weighted by molar-refractivity contribution is 7.90. The van der Waals surface area contributed by atoms with Crippen molar-refractivity contribution in [2.75, 3.05) is 7.11 Å². The molecule has 108 valence electrons. The van der Waals surface area contributed by atoms with Crippen molar-refractivity contribution in [1.82, 2.24) is 9.29 Å². The molecule has 0 spiro atoms. The largest absolute Gasteiger partial charge is 0.495 e. The maximum atomic E-state index is 12.4. The monoisotopic (exact) mass is 304 g/mol. The average Bonchev–Trinajstić information content (AvgIpc) is 2.70. The summed E-state index contributed by atoms with van der Waals surface area (Å²) in [6.07, 6.45) is 1.48. The van der Waals surface area contributed by atoms with E-state index in [2.05, 4.69) is 4.98 Å². The second kappa shape index (κ2) is 4.85. The Hall–Kier alpha value is -2.41. The fourth-order valence-electron chi connectivity index (χ4n) is 2.16. The van der Waals surface area contributed by atoms with Crippen molar-refractivity contribution in [3.63, 3.8) is 0 Å². The molecule has 1 aromatic heterocycles. The summed E-state index contributed by atoms with van der Waals surface area (Å²) in [5.41, 5.74) is 0.673. The third-order valence-corrected chi connectivity index (χ3v) is 5.04. The molecule has 3 rings (SSSR count). The van der Waals surface area contributed by atoms with E-state index in [0.717, 1.165) is 4.31 Å². The van der Waals surface area contributed by atoms with Gasteiger partial charge in [0.25, 0.3) is 15.9 Å². The van der Waals surface area contributed by atoms with E-state index < -0.39 is 15.9 Å². The number of hydrogen-bond acceptors (Lipinski definition) is 5. The van der Waals surface area contributed by atoms with Crippen LogP contribution in [0.1, 0.15) is 16.1 Å². The molecule has 7 heteroatoms. The summed E-state index contributed by atoms with van der Waals surface area (Å²) in [7, 11) is -2.28. The Balaban J connectivity index is 1.95. The van der Waals surface area contributed by atoms with Gasteiger partial charge in [-0.2, -0.15) is 0 Å². The normalized spacial score (nSPS) is 15.9. The maximum Gasteiger partial charge on any atom is 0.269 e. The molecule has 21 heavy (non-hydrogen) atoms. The summed E-state index contributed by atoms with van der Waals surface area (Å²) in [5, 5.41) is 0. The second-order valence-electron chi connectivity index (χ2n) is 4.50. The highest BCUT2D eigenvalue weighted by Crippen LogP contribution is 2.31. The van der Waals surface area contributed by atoms with E-state index in [1.165, 1.54) is 25.4 Å². The lowest BCUT2D eigenvalue weighted by atomic mass is 10.2. The number of carbonyl (C=O) groups excluding carboxylic acids is 1. The molecule has 0 atom stereocenters. The minimum absolute atomic E-state index is 0.0449. The van der Waals surface area contributed by atoms with Gasteiger partial charge in [0.2, 0.25) is 0 Å². The fourth-order valence-corrected chi connectivity index (χ4v) is 3.70. The van der Waals surface area contributed by atoms with Gasteiger partial charge in [-0.05, 0) is 24.3 Å². The van der Waals surface area contributed by atoms with Crippen LogP contribution < -0.4 is 4.74 Å². The molecule has 0 saturated heterocycles. The van der Waals surface area contributed by atoms with Crippen LogP contribution in [0, 0.1) is 0 Å². The van der Waals surface area contributed by atoms with E-state index in [0.29, 0.717) is 11.4 Å². The highest BCUT2D eigenvalue weighted by atomic mass is 32.2. The van der Waals surface area contributed by atoms with Gasteiger partial charge in [0, 0.05) is 0 Å². The number of methoxy groups -OCH3 is 1. The first-order valence-electron chi connectivity index (χ1n) is 6.19. The first-order chi connectivity index (χ1) is 10.0. The smallest absolute Gasteiger partial charge is 0.269 e. The quantitative estimate of drug-likeness (QED) is 0.857. The predicted molar refractivity (Wildman–Crippen MR) is 74.3 cm³/mol. The standard InChI is InChI=1S/C14H12N2O4S/c1-20-11-7-6-10(15-8-11)9-16-14(17)12-4-2-3-5-13(12)21(16,18)19/h2-8H,9H2,1H3. The van der Waals surface area contributed by atoms with Gasteiger partial charge in [-0.15, -0.1) is 0 Å². The van der Waals surface area contributed by atoms with Crippen LogP contribution >= 0.6 is 0 Å². The fraction of sp³-hybridized carbons (Fsp3) is 0.143. The number of amides is 1. The van der Waals surface area contributed by atoms with E-state index in [-0.39, 0.29) is 17.0 Å². The third kappa shape index (κ3) is 2.15. The van der Waals surface area contributed by atoms with Crippen LogP contribution in [0.3, 0.4) is 0 Å². The number of ether oxygens (including phenoxy) is 1. The van der Waals surface area contributed by atoms with Crippen LogP contribution in [-0.2, 0) is 16.6 Å². The Morgan fingerprint density at radius 2 is 1.95 bits per heavy atom. The molecule has 0 bridgehead atoms. The van der Waals surface area contributed by atoms with E-state index >= 15 is 0 Å². The average molecular weight is 304 g/mol. The Morgan fingerprint density at radius 1 is 1.19 bits per heavy atom. The summed E-state index contributed by atoms with van der Waals surface area (Å²) in [6.45, 7) is -0.0974. The molecule has 1 aliphatic rings. The van der Waals surface area contributed by atoms with Gasteiger partial charge in [0.05, 0.1) is 31.1 Å². The number of nitrogens with zero attached hydrogens (tertiary/aromatic N) is 2. The lowest BCUT2D eigenvalue weighted by Gasteiger charge is -2.14. The van der Waals surface area contributed by atoms with Crippen molar-refractivity contribution in [3.05, 3.63) is 53.9 Å². The molecular formula is C14H12N2O4S. The van der Waals surface area contributed by atoms with Gasteiger partial charge >= 0.3 is 0 Å². The molecule has 0 aliphatic carbocycles. The number of benzene rings is 1. The number of rotatable bonds is 3. The zero-order valence-corrected chi connectivity index (χ0v) is 12.0. The summed E-state index contributed by atoms with van der Waals surface area (Å²) in [4.78, 5) is 16.4. The topological polar surface area (TPSA) is 76.6 Å². The Bertz CT molecular complexity index is 800. The maximum absolute atomic E-state index is 12.4. The molecule has 0 radical (unpaired) electrons. The van der Waals surface area contributed by atoms with Gasteiger partial charge in [-0.3, -0.25) is 9.78 Å². The molecule has 0 saturated carbocycles. The zero-order valence-electron chi connectivity index (χ0n) is 11.2. The van der Waals surface area contributed by atoms with Crippen LogP contribution in [0.4, 0.5) is 0 Å². The number of carbonyl (C=O) groups is 1. The van der Waals surface area contributed by atoms with Crippen LogP contribution in [0.2, 0.25) is 0 Å². The molecule has 1 aromatic carbocycles. The molecule has 2 aromatic rings. The van der Waals surface area contributed by atoms with E-state index in [9.17, 15) is 13.2 Å². The minimum atomic E-state index is -3.80. The second-order valence-corrected chi connectivity index (χ2v) is 6.33. The van der Waals surface area contributed by atoms with Crippen LogP contribution in [0.5, 0.6) is 5.75 Å². The van der Waals surface area contributed by atoms with Crippen LogP contribution in [-0.4, -0.2) is 30.7 Å². The summed E-state index contributed by atoms with van der Waals surface area (Å²) in [6, 6.07) is 9.48. The molecule has 6 nitrogen and oxygen atoms in total. The highest BCUT2D eigenvalue weighted by Gasteiger charge is 2.40. The molecule has 0 N–H and O–H groups in total. The number of hydrogen-bond donors (Lipinski definition) is 0. The Labute approximate surface area is 122 Å². The van der Waals surface area contributed by atoms with Crippen LogP contribution in [0.15, 0.2) is 47.5 Å². The predicted octanol–water partition coefficient (Wildman–Crippen LogP) is 1.43. The minimum Gasteiger partial charge on any atom is -0.495 e. The number of aromatic nitrogens is 1. The van der Waals surface area contributed by atoms with Crippen molar-refractivity contribution in [2.45, 2.75) is 11.4 Å². The molecule has 0 fully saturated rings. The van der Waals surface area contributed by atoms with E-state index in [4.69, 9.17) is 4.74 Å². The molecule has 1 aliphatic heterocycles. The van der Waals surface area contributed by atoms with Crippen molar-refractivity contribution >= 4 is 15.9 Å². The summed E-state index contributed by atoms with van der Waals surface area (Å²) in [5.74, 6) is 0.0425. The van der Waals surface area contributed by atoms with Gasteiger partial charge in [-0.25, -0.2) is 12.7 Å². The van der Waals surface area contributed by atoms with Crippen LogP contribution in [0.25, 0.3) is 0 Å². The lowest BCUT2D eigenvalue weighted by Crippen LogP contribution is -2.29. The molecule has 2 heterocycles. The van der Waals surface area contributed by atoms with Gasteiger partial charge < -0.3 is 4.74 Å². The lowest BCUT2D eigenvalue weighted by molar-refractivity contribution is 0.0864. The van der Waals surface area contributed by atoms with E-state index in [1.54, 1.807) is 24.3 Å². The first-order valence-corrected chi connectivity index (χ1v) is 7.63. The van der Waals surface area contributed by atoms with Gasteiger partial charge in [0.15, 0.2) is 0 Å². The van der Waals surface area contributed by atoms with Gasteiger partial charge in [-0.1, -0.05) is 12.1 Å². The van der Waals surface area contributed by atoms with E-state index in [1.807, 2.05) is 0 Å². The first kappa shape index (κ1) is 13.6. The Kier molecular flexibility index (Phi) is 3.13. The summed E-state index contributed by atoms with van der Waals surface area (Å²) < 4.78 is 30.6. The van der Waals surface area contributed by atoms with Crippen molar-refractivity contribution in [1.29, 1.82) is 0 Å². The molecular weight excluding hydrogens is 292 g/mol. The number of pyridine rings is 1. The molecule has 1 amide bonds. The summed E-state index contributed by atoms with van der Waals surface area (Å²) >= 11 is 0. The number of sulfonamides is 1. The molecule has 0 unspecified atom stereocenters. The zero-order chi connectivity index (χ0) is 15.0. The number of fused-ring (bicyclic) bond motifs is 1. The Morgan fingerprint density at radius 3 is 2.57 bits per heavy atom.